The average molecular weight is 1520 g/mol. The number of benzene rings is 2. The molecule has 7 aliphatic rings. The number of hydrogen-bond acceptors (Lipinski definition) is 19. The zero-order valence-electron chi connectivity index (χ0n) is 58.8. The van der Waals surface area contributed by atoms with Gasteiger partial charge in [0.25, 0.3) is 11.8 Å². The van der Waals surface area contributed by atoms with E-state index in [0.29, 0.717) is 71.2 Å². The Morgan fingerprint density at radius 1 is 0.525 bits per heavy atom. The molecule has 6 N–H and O–H groups in total. The van der Waals surface area contributed by atoms with Gasteiger partial charge >= 0.3 is 12.2 Å². The molecule has 2 atom stereocenters. The van der Waals surface area contributed by atoms with E-state index in [1.807, 2.05) is 52.1 Å². The SMILES string of the molecule is C1CCOC1.C1CNC1.CC(C)(C)OC(=O)NC1CCN(c2cc(N3CCC3)nc3cc([C@@H]4CCCCN4C(=O)c4cc(Cl)ccc4NS(C)(=O)=O)nn23)CC1.CC(C)(C)OC(=O)NC1CCNCC1.CS(=O)(=O)Nc1ccc(Cl)cc1C(=O)N1CCCC[C@H]1c1cc2nc(Cl)cc(Cl)n2n1. The number of nitrogens with zero attached hydrogens (tertiary/aromatic N) is 10. The first-order chi connectivity index (χ1) is 47.8. The summed E-state index contributed by atoms with van der Waals surface area (Å²) in [5.41, 5.74) is 2.31. The first kappa shape index (κ1) is 78.4. The summed E-state index contributed by atoms with van der Waals surface area (Å²) in [5, 5.41) is 23.1. The second-order valence-corrected chi connectivity index (χ2v) is 33.2. The third-order valence-corrected chi connectivity index (χ3v) is 19.4. The molecule has 7 fully saturated rings. The van der Waals surface area contributed by atoms with E-state index in [0.717, 1.165) is 127 Å². The summed E-state index contributed by atoms with van der Waals surface area (Å²) >= 11 is 24.6. The smallest absolute Gasteiger partial charge is 0.407 e. The number of halogens is 4. The summed E-state index contributed by atoms with van der Waals surface area (Å²) in [4.78, 5) is 68.5. The molecule has 0 radical (unpaired) electrons. The van der Waals surface area contributed by atoms with E-state index in [1.165, 1.54) is 73.3 Å². The highest BCUT2D eigenvalue weighted by Gasteiger charge is 2.36. The summed E-state index contributed by atoms with van der Waals surface area (Å²) in [6.07, 6.45) is 14.8. The molecule has 4 aromatic heterocycles. The third-order valence-electron chi connectivity index (χ3n) is 17.3. The van der Waals surface area contributed by atoms with Crippen LogP contribution in [0, 0.1) is 0 Å². The van der Waals surface area contributed by atoms with Crippen LogP contribution in [0.1, 0.15) is 176 Å². The van der Waals surface area contributed by atoms with Gasteiger partial charge in [-0.2, -0.15) is 14.7 Å². The number of aromatic nitrogens is 6. The number of rotatable bonds is 12. The maximum atomic E-state index is 14.1. The second kappa shape index (κ2) is 35.2. The summed E-state index contributed by atoms with van der Waals surface area (Å²) in [6, 6.07) is 16.0. The first-order valence-corrected chi connectivity index (χ1v) is 39.9. The van der Waals surface area contributed by atoms with Crippen molar-refractivity contribution >= 4 is 125 Å². The lowest BCUT2D eigenvalue weighted by Crippen LogP contribution is -2.46. The van der Waals surface area contributed by atoms with Gasteiger partial charge in [0.15, 0.2) is 11.3 Å². The molecule has 4 amide bonds. The predicted molar refractivity (Wildman–Crippen MR) is 395 cm³/mol. The lowest BCUT2D eigenvalue weighted by Gasteiger charge is -2.36. The molecule has 6 aromatic rings. The summed E-state index contributed by atoms with van der Waals surface area (Å²) in [5.74, 6) is 1.16. The number of anilines is 4. The quantitative estimate of drug-likeness (QED) is 0.0620. The molecule has 33 heteroatoms. The van der Waals surface area contributed by atoms with E-state index in [9.17, 15) is 36.0 Å². The van der Waals surface area contributed by atoms with Crippen molar-refractivity contribution in [3.63, 3.8) is 0 Å². The number of likely N-dealkylation sites (tertiary alicyclic amines) is 2. The van der Waals surface area contributed by atoms with Gasteiger partial charge in [0, 0.05) is 98.9 Å². The number of fused-ring (bicyclic) bond motifs is 2. The van der Waals surface area contributed by atoms with Crippen LogP contribution in [0.5, 0.6) is 0 Å². The number of hydrogen-bond donors (Lipinski definition) is 6. The number of ether oxygens (including phenoxy) is 3. The van der Waals surface area contributed by atoms with Crippen molar-refractivity contribution in [2.45, 2.75) is 167 Å². The molecule has 11 heterocycles. The van der Waals surface area contributed by atoms with Crippen molar-refractivity contribution in [3.8, 4) is 0 Å². The van der Waals surface area contributed by atoms with Gasteiger partial charge in [0.1, 0.15) is 33.1 Å². The van der Waals surface area contributed by atoms with Gasteiger partial charge in [-0.25, -0.2) is 40.9 Å². The molecule has 7 saturated heterocycles. The molecule has 0 aliphatic carbocycles. The van der Waals surface area contributed by atoms with E-state index < -0.39 is 37.3 Å². The molecule has 0 spiro atoms. The Bertz CT molecular complexity index is 4060. The second-order valence-electron chi connectivity index (χ2n) is 28.0. The normalized spacial score (nSPS) is 19.1. The highest BCUT2D eigenvalue weighted by molar-refractivity contribution is 7.92. The molecule has 0 saturated carbocycles. The highest BCUT2D eigenvalue weighted by atomic mass is 35.5. The first-order valence-electron chi connectivity index (χ1n) is 34.6. The number of alkyl carbamates (subject to hydrolysis) is 2. The minimum Gasteiger partial charge on any atom is -0.444 e. The van der Waals surface area contributed by atoms with Crippen LogP contribution in [-0.4, -0.2) is 194 Å². The Labute approximate surface area is 612 Å². The van der Waals surface area contributed by atoms with Crippen molar-refractivity contribution in [2.75, 3.05) is 110 Å². The number of carbonyl (C=O) groups is 4. The zero-order valence-corrected chi connectivity index (χ0v) is 63.4. The van der Waals surface area contributed by atoms with Crippen LogP contribution in [0.3, 0.4) is 0 Å². The van der Waals surface area contributed by atoms with Crippen LogP contribution in [0.25, 0.3) is 11.3 Å². The molecule has 27 nitrogen and oxygen atoms in total. The van der Waals surface area contributed by atoms with E-state index in [-0.39, 0.29) is 69.7 Å². The van der Waals surface area contributed by atoms with Crippen LogP contribution >= 0.6 is 46.4 Å². The van der Waals surface area contributed by atoms with Crippen LogP contribution in [0.4, 0.5) is 32.6 Å². The van der Waals surface area contributed by atoms with Crippen LogP contribution < -0.4 is 40.5 Å². The molecule has 7 aliphatic heterocycles. The maximum absolute atomic E-state index is 14.1. The third kappa shape index (κ3) is 23.4. The van der Waals surface area contributed by atoms with E-state index in [2.05, 4.69) is 56.7 Å². The fraction of sp³-hybridized carbons (Fsp3) is 0.588. The lowest BCUT2D eigenvalue weighted by molar-refractivity contribution is 0.0484. The molecular formula is C68H96Cl4N16O11S2. The van der Waals surface area contributed by atoms with Crippen LogP contribution in [0.2, 0.25) is 20.4 Å². The summed E-state index contributed by atoms with van der Waals surface area (Å²) in [7, 11) is -7.21. The zero-order chi connectivity index (χ0) is 72.8. The monoisotopic (exact) mass is 1520 g/mol. The Kier molecular flexibility index (Phi) is 27.3. The van der Waals surface area contributed by atoms with Gasteiger partial charge in [-0.3, -0.25) is 19.0 Å². The molecular weight excluding hydrogens is 1420 g/mol. The molecule has 101 heavy (non-hydrogen) atoms. The van der Waals surface area contributed by atoms with Crippen LogP contribution in [-0.2, 0) is 34.3 Å². The minimum absolute atomic E-state index is 0.0110. The fourth-order valence-electron chi connectivity index (χ4n) is 12.2. The summed E-state index contributed by atoms with van der Waals surface area (Å²) < 4.78 is 71.5. The van der Waals surface area contributed by atoms with E-state index in [1.54, 1.807) is 21.9 Å². The van der Waals surface area contributed by atoms with Gasteiger partial charge in [0.05, 0.1) is 58.5 Å². The van der Waals surface area contributed by atoms with Crippen LogP contribution in [0.15, 0.2) is 60.7 Å². The largest absolute Gasteiger partial charge is 0.444 e. The van der Waals surface area contributed by atoms with Crippen molar-refractivity contribution in [2.24, 2.45) is 0 Å². The lowest BCUT2D eigenvalue weighted by atomic mass is 9.98. The Morgan fingerprint density at radius 2 is 0.990 bits per heavy atom. The van der Waals surface area contributed by atoms with Gasteiger partial charge < -0.3 is 55.1 Å². The number of sulfonamides is 2. The van der Waals surface area contributed by atoms with Gasteiger partial charge in [-0.15, -0.1) is 0 Å². The van der Waals surface area contributed by atoms with Gasteiger partial charge in [-0.1, -0.05) is 46.4 Å². The summed E-state index contributed by atoms with van der Waals surface area (Å²) in [6.45, 7) is 21.9. The highest BCUT2D eigenvalue weighted by Crippen LogP contribution is 2.38. The average Bonchev–Trinajstić information content (AvgIpc) is 1.67. The Morgan fingerprint density at radius 3 is 1.42 bits per heavy atom. The van der Waals surface area contributed by atoms with Gasteiger partial charge in [-0.05, 0) is 194 Å². The Balaban J connectivity index is 0.000000186. The molecule has 554 valence electrons. The van der Waals surface area contributed by atoms with Crippen molar-refractivity contribution in [1.29, 1.82) is 0 Å². The number of amides is 4. The maximum Gasteiger partial charge on any atom is 0.407 e. The van der Waals surface area contributed by atoms with E-state index in [4.69, 9.17) is 70.7 Å². The predicted octanol–water partition coefficient (Wildman–Crippen LogP) is 11.3. The van der Waals surface area contributed by atoms with Gasteiger partial charge in [0.2, 0.25) is 20.0 Å². The molecule has 0 bridgehead atoms. The number of piperidine rings is 4. The van der Waals surface area contributed by atoms with Crippen molar-refractivity contribution in [3.05, 3.63) is 104 Å². The number of nitrogens with one attached hydrogen (secondary N) is 6. The minimum atomic E-state index is -3.62. The standard InChI is InChI=1S/C32H43ClN8O5S.C19H18Cl3N5O3S.C10H20N2O2.C4H8O.C3H7N/c1-32(2,3)46-31(43)34-22-11-16-39(17-12-22)29-20-27(38-13-7-14-38)35-28-19-25(36-41(28)29)26-8-5-6-15-40(26)30(42)23-18-21(33)9-10-24(23)37-47(4,44)45;1-31(29,30)25-13-6-5-11(20)8-12(13)19(28)26-7-3-2-4-15(26)14-9-18-23-16(21)10-17(22)27(18)24-14;1-10(2,3)14-9(13)12-8-4-6-11-7-5-8;1-2-4-5-3-1;1-2-4-3-1/h9-10,18-20,22,26,37H,5-8,11-17H2,1-4H3,(H,34,43);5-6,8-10,15,25H,2-4,7H2,1H3;8,11H,4-7H2,1-3H3,(H,12,13);1-4H2;4H,1-3H2/t26-;15-;;;/m00.../s1. The molecule has 2 aromatic carbocycles. The topological polar surface area (TPSA) is 310 Å². The van der Waals surface area contributed by atoms with Crippen molar-refractivity contribution < 1.29 is 50.2 Å². The molecule has 13 rings (SSSR count). The van der Waals surface area contributed by atoms with E-state index >= 15 is 0 Å². The number of carbonyl (C=O) groups excluding carboxylic acids is 4. The van der Waals surface area contributed by atoms with Crippen molar-refractivity contribution in [1.82, 2.24) is 60.3 Å². The Hall–Kier alpha value is -6.70. The molecule has 0 unspecified atom stereocenters. The fourth-order valence-corrected chi connectivity index (χ4v) is 14.2.